The van der Waals surface area contributed by atoms with Crippen LogP contribution in [-0.2, 0) is 4.74 Å². The molecule has 0 aliphatic carbocycles. The molecule has 1 saturated heterocycles. The molecule has 9 nitrogen and oxygen atoms in total. The van der Waals surface area contributed by atoms with Gasteiger partial charge in [-0.15, -0.1) is 16.5 Å². The minimum absolute atomic E-state index is 0.0725. The van der Waals surface area contributed by atoms with Crippen LogP contribution in [0.1, 0.15) is 0 Å². The summed E-state index contributed by atoms with van der Waals surface area (Å²) < 4.78 is 10.2. The van der Waals surface area contributed by atoms with Gasteiger partial charge in [-0.05, 0) is 0 Å². The second-order valence-electron chi connectivity index (χ2n) is 4.49. The van der Waals surface area contributed by atoms with E-state index in [1.165, 1.54) is 13.2 Å². The van der Waals surface area contributed by atoms with E-state index in [1.54, 1.807) is 0 Å². The van der Waals surface area contributed by atoms with Crippen LogP contribution in [0.5, 0.6) is 5.88 Å². The van der Waals surface area contributed by atoms with Gasteiger partial charge in [-0.25, -0.2) is 0 Å². The fraction of sp³-hybridized carbons (Fsp3) is 0.583. The van der Waals surface area contributed by atoms with Gasteiger partial charge in [-0.3, -0.25) is 0 Å². The molecule has 2 rings (SSSR count). The molecule has 2 heterocycles. The van der Waals surface area contributed by atoms with E-state index in [4.69, 9.17) is 21.2 Å². The molecule has 9 heteroatoms. The summed E-state index contributed by atoms with van der Waals surface area (Å²) >= 11 is 0. The number of anilines is 1. The highest BCUT2D eigenvalue weighted by atomic mass is 16.5. The highest BCUT2D eigenvalue weighted by Gasteiger charge is 2.38. The van der Waals surface area contributed by atoms with Crippen molar-refractivity contribution in [1.82, 2.24) is 9.97 Å². The first kappa shape index (κ1) is 15.4. The molecule has 4 N–H and O–H groups in total. The number of hydrogen-bond acceptors (Lipinski definition) is 8. The maximum atomic E-state index is 10.0. The molecule has 0 amide bonds. The number of aromatic nitrogens is 2. The molecular formula is C12H16N4O5. The van der Waals surface area contributed by atoms with Gasteiger partial charge in [0, 0.05) is 0 Å². The zero-order valence-corrected chi connectivity index (χ0v) is 11.3. The Bertz CT molecular complexity index is 535. The van der Waals surface area contributed by atoms with Crippen molar-refractivity contribution in [3.05, 3.63) is 17.5 Å². The van der Waals surface area contributed by atoms with Crippen LogP contribution in [0.3, 0.4) is 0 Å². The Morgan fingerprint density at radius 2 is 2.24 bits per heavy atom. The molecule has 1 aliphatic heterocycles. The lowest BCUT2D eigenvalue weighted by Gasteiger charge is -2.37. The van der Waals surface area contributed by atoms with Gasteiger partial charge in [-0.1, -0.05) is 0 Å². The summed E-state index contributed by atoms with van der Waals surface area (Å²) in [5.41, 5.74) is 0. The fourth-order valence-electron chi connectivity index (χ4n) is 2.00. The normalized spacial score (nSPS) is 28.7. The Kier molecular flexibility index (Phi) is 4.87. The van der Waals surface area contributed by atoms with Gasteiger partial charge in [0.1, 0.15) is 18.3 Å². The first-order valence-electron chi connectivity index (χ1n) is 6.24. The molecule has 1 fully saturated rings. The van der Waals surface area contributed by atoms with Crippen molar-refractivity contribution in [3.63, 3.8) is 0 Å². The summed E-state index contributed by atoms with van der Waals surface area (Å²) in [7, 11) is 1.41. The van der Waals surface area contributed by atoms with Crippen molar-refractivity contribution in [2.24, 2.45) is 0 Å². The number of nitrogens with one attached hydrogen (secondary N) is 1. The van der Waals surface area contributed by atoms with Gasteiger partial charge in [0.2, 0.25) is 0 Å². The number of ether oxygens (including phenoxy) is 2. The Balaban J connectivity index is 2.13. The van der Waals surface area contributed by atoms with Gasteiger partial charge < -0.3 is 35.0 Å². The lowest BCUT2D eigenvalue weighted by atomic mass is 9.98. The average molecular weight is 296 g/mol. The maximum absolute atomic E-state index is 10.0. The van der Waals surface area contributed by atoms with Gasteiger partial charge in [-0.2, -0.15) is 0 Å². The lowest BCUT2D eigenvalue weighted by Crippen LogP contribution is -2.56. The van der Waals surface area contributed by atoms with E-state index in [2.05, 4.69) is 20.1 Å². The third kappa shape index (κ3) is 3.37. The molecular weight excluding hydrogens is 280 g/mol. The minimum Gasteiger partial charge on any atom is -0.470 e. The van der Waals surface area contributed by atoms with Crippen LogP contribution < -0.4 is 10.1 Å². The number of aliphatic hydroxyl groups excluding tert-OH is 3. The van der Waals surface area contributed by atoms with E-state index in [0.717, 1.165) is 0 Å². The van der Waals surface area contributed by atoms with Gasteiger partial charge in [0.25, 0.3) is 5.88 Å². The Morgan fingerprint density at radius 3 is 2.86 bits per heavy atom. The molecule has 1 aromatic rings. The van der Waals surface area contributed by atoms with Crippen molar-refractivity contribution in [2.75, 3.05) is 25.6 Å². The quantitative estimate of drug-likeness (QED) is 0.518. The molecule has 0 radical (unpaired) electrons. The van der Waals surface area contributed by atoms with Crippen LogP contribution in [0.25, 0.3) is 4.85 Å². The van der Waals surface area contributed by atoms with E-state index in [-0.39, 0.29) is 30.9 Å². The monoisotopic (exact) mass is 296 g/mol. The molecule has 1 aliphatic rings. The van der Waals surface area contributed by atoms with Crippen molar-refractivity contribution in [1.29, 1.82) is 0 Å². The van der Waals surface area contributed by atoms with E-state index in [0.29, 0.717) is 0 Å². The van der Waals surface area contributed by atoms with Gasteiger partial charge in [0.15, 0.2) is 5.82 Å². The summed E-state index contributed by atoms with van der Waals surface area (Å²) in [6, 6.07) is 0.826. The van der Waals surface area contributed by atoms with Crippen LogP contribution >= 0.6 is 0 Å². The first-order chi connectivity index (χ1) is 10.1. The fourth-order valence-corrected chi connectivity index (χ4v) is 2.00. The van der Waals surface area contributed by atoms with E-state index >= 15 is 0 Å². The van der Waals surface area contributed by atoms with Gasteiger partial charge in [0.05, 0.1) is 32.4 Å². The van der Waals surface area contributed by atoms with Crippen LogP contribution in [0, 0.1) is 6.57 Å². The van der Waals surface area contributed by atoms with Crippen LogP contribution in [0.4, 0.5) is 11.8 Å². The Labute approximate surface area is 121 Å². The molecule has 114 valence electrons. The SMILES string of the molecule is [C-]#[N+]c1nc(N[C@H]2CO[C@H](CO)[C@H](O)[C@@H]2O)cc(OC)n1. The third-order valence-electron chi connectivity index (χ3n) is 3.15. The Morgan fingerprint density at radius 1 is 1.48 bits per heavy atom. The summed E-state index contributed by atoms with van der Waals surface area (Å²) in [4.78, 5) is 10.9. The van der Waals surface area contributed by atoms with E-state index in [1.807, 2.05) is 0 Å². The third-order valence-corrected chi connectivity index (χ3v) is 3.15. The molecule has 0 aromatic carbocycles. The molecule has 21 heavy (non-hydrogen) atoms. The summed E-state index contributed by atoms with van der Waals surface area (Å²) in [5.74, 6) is 0.380. The highest BCUT2D eigenvalue weighted by molar-refractivity contribution is 5.45. The van der Waals surface area contributed by atoms with Crippen LogP contribution in [0.15, 0.2) is 6.07 Å². The molecule has 0 bridgehead atoms. The molecule has 1 aromatic heterocycles. The van der Waals surface area contributed by atoms with Crippen molar-refractivity contribution >= 4 is 11.8 Å². The maximum Gasteiger partial charge on any atom is 0.376 e. The van der Waals surface area contributed by atoms with E-state index < -0.39 is 24.4 Å². The topological polar surface area (TPSA) is 121 Å². The molecule has 4 atom stereocenters. The zero-order valence-electron chi connectivity index (χ0n) is 11.3. The van der Waals surface area contributed by atoms with E-state index in [9.17, 15) is 10.2 Å². The second-order valence-corrected chi connectivity index (χ2v) is 4.49. The predicted molar refractivity (Wildman–Crippen MR) is 71.1 cm³/mol. The van der Waals surface area contributed by atoms with Gasteiger partial charge >= 0.3 is 5.95 Å². The van der Waals surface area contributed by atoms with Crippen LogP contribution in [0.2, 0.25) is 0 Å². The number of rotatable bonds is 4. The standard InChI is InChI=1S/C12H16N4O5/c1-13-12-15-8(3-9(16-12)20-2)14-6-5-21-7(4-17)11(19)10(6)18/h3,6-7,10-11,17-19H,4-5H2,2H3,(H,14,15,16)/t6-,7+,10+,11-/m0/s1. The summed E-state index contributed by atoms with van der Waals surface area (Å²) in [6.07, 6.45) is -3.18. The number of hydrogen-bond donors (Lipinski definition) is 4. The van der Waals surface area contributed by atoms with Crippen molar-refractivity contribution in [3.8, 4) is 5.88 Å². The van der Waals surface area contributed by atoms with Crippen molar-refractivity contribution < 1.29 is 24.8 Å². The molecule has 0 spiro atoms. The minimum atomic E-state index is -1.22. The van der Waals surface area contributed by atoms with Crippen molar-refractivity contribution in [2.45, 2.75) is 24.4 Å². The first-order valence-corrected chi connectivity index (χ1v) is 6.24. The molecule has 0 unspecified atom stereocenters. The largest absolute Gasteiger partial charge is 0.470 e. The highest BCUT2D eigenvalue weighted by Crippen LogP contribution is 2.22. The average Bonchev–Trinajstić information content (AvgIpc) is 2.51. The van der Waals surface area contributed by atoms with Crippen LogP contribution in [-0.4, -0.2) is 70.0 Å². The number of aliphatic hydroxyl groups is 3. The summed E-state index contributed by atoms with van der Waals surface area (Å²) in [6.45, 7) is 6.62. The summed E-state index contributed by atoms with van der Waals surface area (Å²) in [5, 5.41) is 31.7. The zero-order chi connectivity index (χ0) is 15.4. The molecule has 0 saturated carbocycles. The second kappa shape index (κ2) is 6.64. The predicted octanol–water partition coefficient (Wildman–Crippen LogP) is -1.07. The smallest absolute Gasteiger partial charge is 0.376 e. The lowest BCUT2D eigenvalue weighted by molar-refractivity contribution is -0.152. The number of nitrogens with zero attached hydrogens (tertiary/aromatic N) is 3. The Hall–Kier alpha value is -1.99. The number of methoxy groups -OCH3 is 1.